The van der Waals surface area contributed by atoms with Gasteiger partial charge in [-0.15, -0.1) is 24.8 Å². The highest BCUT2D eigenvalue weighted by Crippen LogP contribution is 2.13. The van der Waals surface area contributed by atoms with Crippen LogP contribution in [0.5, 0.6) is 0 Å². The van der Waals surface area contributed by atoms with Crippen LogP contribution in [0.2, 0.25) is 0 Å². The minimum Gasteiger partial charge on any atom is -0.354 e. The molecule has 0 spiro atoms. The molecule has 1 fully saturated rings. The lowest BCUT2D eigenvalue weighted by atomic mass is 10.1. The molecule has 2 aromatic rings. The topological polar surface area (TPSA) is 91.6 Å². The molecule has 0 bridgehead atoms. The molecule has 1 aliphatic rings. The predicted molar refractivity (Wildman–Crippen MR) is 119 cm³/mol. The maximum absolute atomic E-state index is 12.4. The van der Waals surface area contributed by atoms with Crippen LogP contribution in [0.4, 0.5) is 5.82 Å². The van der Waals surface area contributed by atoms with E-state index >= 15 is 0 Å². The van der Waals surface area contributed by atoms with Crippen LogP contribution < -0.4 is 16.0 Å². The van der Waals surface area contributed by atoms with Crippen LogP contribution in [0.3, 0.4) is 0 Å². The molecule has 2 heterocycles. The molecular formula is C20H27Cl2N5O2. The van der Waals surface area contributed by atoms with Crippen LogP contribution in [-0.2, 0) is 9.59 Å². The van der Waals surface area contributed by atoms with Crippen molar-refractivity contribution >= 4 is 42.4 Å². The van der Waals surface area contributed by atoms with Crippen LogP contribution in [0.25, 0.3) is 0 Å². The Morgan fingerprint density at radius 2 is 1.66 bits per heavy atom. The first-order valence-corrected chi connectivity index (χ1v) is 9.17. The minimum absolute atomic E-state index is 0. The fourth-order valence-corrected chi connectivity index (χ4v) is 3.10. The Morgan fingerprint density at radius 3 is 2.28 bits per heavy atom. The summed E-state index contributed by atoms with van der Waals surface area (Å²) in [6.45, 7) is 3.13. The zero-order valence-corrected chi connectivity index (χ0v) is 17.7. The lowest BCUT2D eigenvalue weighted by Gasteiger charge is -2.35. The summed E-state index contributed by atoms with van der Waals surface area (Å²) < 4.78 is 0. The van der Waals surface area contributed by atoms with Crippen molar-refractivity contribution < 1.29 is 9.59 Å². The van der Waals surface area contributed by atoms with Gasteiger partial charge in [0.25, 0.3) is 0 Å². The van der Waals surface area contributed by atoms with Crippen molar-refractivity contribution in [1.82, 2.24) is 15.2 Å². The highest BCUT2D eigenvalue weighted by Gasteiger charge is 2.22. The maximum Gasteiger partial charge on any atom is 0.241 e. The maximum atomic E-state index is 12.4. The zero-order chi connectivity index (χ0) is 19.1. The van der Waals surface area contributed by atoms with Gasteiger partial charge in [-0.05, 0) is 17.7 Å². The summed E-state index contributed by atoms with van der Waals surface area (Å²) in [6, 6.07) is 14.3. The van der Waals surface area contributed by atoms with Crippen molar-refractivity contribution in [3.05, 3.63) is 60.3 Å². The number of rotatable bonds is 6. The van der Waals surface area contributed by atoms with Gasteiger partial charge >= 0.3 is 0 Å². The zero-order valence-electron chi connectivity index (χ0n) is 16.1. The highest BCUT2D eigenvalue weighted by molar-refractivity contribution is 5.85. The first-order valence-electron chi connectivity index (χ1n) is 9.17. The molecule has 1 atom stereocenters. The number of amides is 2. The molecule has 1 unspecified atom stereocenters. The molecule has 0 aliphatic carbocycles. The summed E-state index contributed by atoms with van der Waals surface area (Å²) in [5.41, 5.74) is 6.71. The molecule has 29 heavy (non-hydrogen) atoms. The third-order valence-corrected chi connectivity index (χ3v) is 4.68. The van der Waals surface area contributed by atoms with Crippen molar-refractivity contribution in [1.29, 1.82) is 0 Å². The van der Waals surface area contributed by atoms with Gasteiger partial charge in [0.2, 0.25) is 11.8 Å². The molecule has 1 aromatic carbocycles. The molecule has 1 aliphatic heterocycles. The molecule has 7 nitrogen and oxygen atoms in total. The van der Waals surface area contributed by atoms with Gasteiger partial charge in [0.05, 0.1) is 0 Å². The SMILES string of the molecule is Cl.Cl.NC(C(=O)NCCC(=O)N1CCN(c2ccccn2)CC1)c1ccccc1. The smallest absolute Gasteiger partial charge is 0.241 e. The number of nitrogens with two attached hydrogens (primary N) is 1. The van der Waals surface area contributed by atoms with Crippen LogP contribution in [0.1, 0.15) is 18.0 Å². The second-order valence-electron chi connectivity index (χ2n) is 6.49. The van der Waals surface area contributed by atoms with Gasteiger partial charge in [-0.1, -0.05) is 36.4 Å². The van der Waals surface area contributed by atoms with Gasteiger partial charge in [-0.2, -0.15) is 0 Å². The van der Waals surface area contributed by atoms with E-state index in [4.69, 9.17) is 5.73 Å². The molecule has 9 heteroatoms. The van der Waals surface area contributed by atoms with E-state index in [0.29, 0.717) is 19.6 Å². The molecule has 0 radical (unpaired) electrons. The number of aromatic nitrogens is 1. The van der Waals surface area contributed by atoms with E-state index in [0.717, 1.165) is 24.5 Å². The van der Waals surface area contributed by atoms with Gasteiger partial charge in [0.1, 0.15) is 11.9 Å². The Balaban J connectivity index is 0.00000210. The van der Waals surface area contributed by atoms with Gasteiger partial charge in [0.15, 0.2) is 0 Å². The number of anilines is 1. The summed E-state index contributed by atoms with van der Waals surface area (Å²) in [5.74, 6) is 0.713. The molecule has 1 aromatic heterocycles. The summed E-state index contributed by atoms with van der Waals surface area (Å²) in [4.78, 5) is 32.9. The summed E-state index contributed by atoms with van der Waals surface area (Å²) >= 11 is 0. The number of halogens is 2. The number of carbonyl (C=O) groups excluding carboxylic acids is 2. The molecule has 158 valence electrons. The van der Waals surface area contributed by atoms with E-state index in [1.54, 1.807) is 6.20 Å². The Bertz CT molecular complexity index is 756. The number of benzene rings is 1. The predicted octanol–water partition coefficient (Wildman–Crippen LogP) is 1.78. The van der Waals surface area contributed by atoms with Crippen molar-refractivity contribution in [2.45, 2.75) is 12.5 Å². The van der Waals surface area contributed by atoms with E-state index in [-0.39, 0.29) is 43.0 Å². The molecule has 1 saturated heterocycles. The van der Waals surface area contributed by atoms with Crippen LogP contribution in [0, 0.1) is 0 Å². The summed E-state index contributed by atoms with van der Waals surface area (Å²) in [7, 11) is 0. The van der Waals surface area contributed by atoms with Crippen LogP contribution in [0.15, 0.2) is 54.7 Å². The van der Waals surface area contributed by atoms with Crippen molar-refractivity contribution in [3.63, 3.8) is 0 Å². The third-order valence-electron chi connectivity index (χ3n) is 4.68. The highest BCUT2D eigenvalue weighted by atomic mass is 35.5. The quantitative estimate of drug-likeness (QED) is 0.715. The second-order valence-corrected chi connectivity index (χ2v) is 6.49. The van der Waals surface area contributed by atoms with Gasteiger partial charge in [-0.25, -0.2) is 4.98 Å². The first-order chi connectivity index (χ1) is 13.1. The van der Waals surface area contributed by atoms with Crippen LogP contribution >= 0.6 is 24.8 Å². The first kappa shape index (κ1) is 24.7. The van der Waals surface area contributed by atoms with Crippen LogP contribution in [-0.4, -0.2) is 54.4 Å². The van der Waals surface area contributed by atoms with E-state index < -0.39 is 6.04 Å². The Labute approximate surface area is 183 Å². The van der Waals surface area contributed by atoms with Gasteiger partial charge < -0.3 is 20.9 Å². The number of nitrogens with one attached hydrogen (secondary N) is 1. The van der Waals surface area contributed by atoms with E-state index in [2.05, 4.69) is 15.2 Å². The Kier molecular flexibility index (Phi) is 10.4. The van der Waals surface area contributed by atoms with Crippen molar-refractivity contribution in [3.8, 4) is 0 Å². The largest absolute Gasteiger partial charge is 0.354 e. The number of hydrogen-bond acceptors (Lipinski definition) is 5. The van der Waals surface area contributed by atoms with E-state index in [9.17, 15) is 9.59 Å². The monoisotopic (exact) mass is 439 g/mol. The second kappa shape index (κ2) is 12.3. The number of pyridine rings is 1. The minimum atomic E-state index is -0.719. The summed E-state index contributed by atoms with van der Waals surface area (Å²) in [5, 5.41) is 2.75. The lowest BCUT2D eigenvalue weighted by Crippen LogP contribution is -2.49. The molecule has 0 saturated carbocycles. The molecular weight excluding hydrogens is 413 g/mol. The van der Waals surface area contributed by atoms with Gasteiger partial charge in [0, 0.05) is 45.3 Å². The Morgan fingerprint density at radius 1 is 1.00 bits per heavy atom. The average Bonchev–Trinajstić information content (AvgIpc) is 2.74. The third kappa shape index (κ3) is 6.88. The average molecular weight is 440 g/mol. The fraction of sp³-hybridized carbons (Fsp3) is 0.350. The molecule has 3 N–H and O–H groups in total. The number of carbonyl (C=O) groups is 2. The van der Waals surface area contributed by atoms with Crippen molar-refractivity contribution in [2.24, 2.45) is 5.73 Å². The fourth-order valence-electron chi connectivity index (χ4n) is 3.10. The van der Waals surface area contributed by atoms with E-state index in [1.807, 2.05) is 53.4 Å². The normalized spacial score (nSPS) is 14.2. The standard InChI is InChI=1S/C20H25N5O2.2ClH/c21-19(16-6-2-1-3-7-16)20(27)23-11-9-18(26)25-14-12-24(13-15-25)17-8-4-5-10-22-17;;/h1-8,10,19H,9,11-15,21H2,(H,23,27);2*1H. The Hall–Kier alpha value is -2.35. The molecule has 2 amide bonds. The number of nitrogens with zero attached hydrogens (tertiary/aromatic N) is 3. The lowest BCUT2D eigenvalue weighted by molar-refractivity contribution is -0.131. The summed E-state index contributed by atoms with van der Waals surface area (Å²) in [6.07, 6.45) is 2.05. The van der Waals surface area contributed by atoms with Gasteiger partial charge in [-0.3, -0.25) is 9.59 Å². The molecule has 3 rings (SSSR count). The number of hydrogen-bond donors (Lipinski definition) is 2. The van der Waals surface area contributed by atoms with E-state index in [1.165, 1.54) is 0 Å². The number of piperazine rings is 1. The van der Waals surface area contributed by atoms with Crippen molar-refractivity contribution in [2.75, 3.05) is 37.6 Å².